The van der Waals surface area contributed by atoms with Crippen molar-refractivity contribution in [1.82, 2.24) is 20.0 Å². The molecule has 0 saturated carbocycles. The summed E-state index contributed by atoms with van der Waals surface area (Å²) in [4.78, 5) is 2.27. The molecule has 0 radical (unpaired) electrons. The molecule has 2 N–H and O–H groups in total. The minimum Gasteiger partial charge on any atom is -0.392 e. The normalized spacial score (nSPS) is 23.1. The molecule has 0 aliphatic carbocycles. The maximum Gasteiger partial charge on any atom is 0.0768 e. The first kappa shape index (κ1) is 15.7. The fourth-order valence-electron chi connectivity index (χ4n) is 2.51. The Morgan fingerprint density at radius 3 is 2.89 bits per heavy atom. The quantitative estimate of drug-likeness (QED) is 0.829. The topological polar surface area (TPSA) is 53.3 Å². The fraction of sp³-hybridized carbons (Fsp3) is 0.727. The second kappa shape index (κ2) is 6.73. The lowest BCUT2D eigenvalue weighted by Gasteiger charge is -2.14. The van der Waals surface area contributed by atoms with Gasteiger partial charge in [0, 0.05) is 32.7 Å². The third-order valence-electron chi connectivity index (χ3n) is 3.35. The highest BCUT2D eigenvalue weighted by atomic mass is 35.5. The van der Waals surface area contributed by atoms with E-state index in [9.17, 15) is 5.11 Å². The predicted molar refractivity (Wildman–Crippen MR) is 74.3 cm³/mol. The van der Waals surface area contributed by atoms with Crippen molar-refractivity contribution in [1.29, 1.82) is 0 Å². The van der Waals surface area contributed by atoms with E-state index in [1.807, 2.05) is 0 Å². The average Bonchev–Trinajstić information content (AvgIpc) is 2.84. The minimum absolute atomic E-state index is 0. The molecule has 1 fully saturated rings. The summed E-state index contributed by atoms with van der Waals surface area (Å²) in [7, 11) is 0. The van der Waals surface area contributed by atoms with E-state index in [2.05, 4.69) is 26.1 Å². The van der Waals surface area contributed by atoms with Crippen molar-refractivity contribution in [2.24, 2.45) is 0 Å². The minimum atomic E-state index is -0.140. The van der Waals surface area contributed by atoms with Crippen LogP contribution in [0.2, 0.25) is 0 Å². The van der Waals surface area contributed by atoms with Crippen molar-refractivity contribution in [2.75, 3.05) is 19.6 Å². The molecule has 5 nitrogen and oxygen atoms in total. The molecule has 1 aromatic rings. The number of rotatable bonds is 2. The Morgan fingerprint density at radius 1 is 1.39 bits per heavy atom. The number of likely N-dealkylation sites (tertiary alicyclic amines) is 1. The summed E-state index contributed by atoms with van der Waals surface area (Å²) >= 11 is 0. The number of nitrogens with one attached hydrogen (secondary N) is 1. The van der Waals surface area contributed by atoms with Gasteiger partial charge in [0.25, 0.3) is 0 Å². The molecular formula is C11H20Cl2N4O. The van der Waals surface area contributed by atoms with Gasteiger partial charge in [0.05, 0.1) is 24.0 Å². The van der Waals surface area contributed by atoms with Gasteiger partial charge in [-0.25, -0.2) is 0 Å². The van der Waals surface area contributed by atoms with E-state index in [1.165, 1.54) is 5.69 Å². The number of aliphatic hydroxyl groups is 1. The number of β-amino-alcohol motifs (C(OH)–C–C–N with tert-alkyl or cyclic N) is 1. The summed E-state index contributed by atoms with van der Waals surface area (Å²) in [6.07, 6.45) is 0.758. The molecule has 18 heavy (non-hydrogen) atoms. The molecule has 1 saturated heterocycles. The summed E-state index contributed by atoms with van der Waals surface area (Å²) in [5.74, 6) is 0. The van der Waals surface area contributed by atoms with Gasteiger partial charge in [-0.3, -0.25) is 9.58 Å². The Bertz CT molecular complexity index is 362. The monoisotopic (exact) mass is 294 g/mol. The van der Waals surface area contributed by atoms with Crippen LogP contribution in [0.25, 0.3) is 0 Å². The molecule has 0 bridgehead atoms. The maximum absolute atomic E-state index is 9.46. The molecule has 1 aromatic heterocycles. The first-order chi connectivity index (χ1) is 7.81. The lowest BCUT2D eigenvalue weighted by Crippen LogP contribution is -2.28. The van der Waals surface area contributed by atoms with Crippen LogP contribution in [0.15, 0.2) is 6.07 Å². The highest BCUT2D eigenvalue weighted by Gasteiger charge is 2.21. The standard InChI is InChI=1S/C11H18N4O.2ClH/c16-11-1-3-14(8-11)7-9-5-10-6-12-2-4-15(10)13-9;;/h5,11-12,16H,1-4,6-8H2;2*1H. The number of aromatic nitrogens is 2. The van der Waals surface area contributed by atoms with Crippen LogP contribution >= 0.6 is 24.8 Å². The zero-order chi connectivity index (χ0) is 11.0. The fourth-order valence-corrected chi connectivity index (χ4v) is 2.51. The van der Waals surface area contributed by atoms with Gasteiger partial charge in [0.2, 0.25) is 0 Å². The SMILES string of the molecule is Cl.Cl.OC1CCN(Cc2cc3n(n2)CCNC3)C1. The van der Waals surface area contributed by atoms with Crippen LogP contribution < -0.4 is 5.32 Å². The van der Waals surface area contributed by atoms with Gasteiger partial charge in [0.15, 0.2) is 0 Å². The molecule has 0 amide bonds. The van der Waals surface area contributed by atoms with Gasteiger partial charge in [-0.1, -0.05) is 0 Å². The first-order valence-electron chi connectivity index (χ1n) is 5.98. The van der Waals surface area contributed by atoms with Crippen LogP contribution in [0.5, 0.6) is 0 Å². The van der Waals surface area contributed by atoms with Crippen molar-refractivity contribution in [2.45, 2.75) is 32.2 Å². The van der Waals surface area contributed by atoms with E-state index in [-0.39, 0.29) is 30.9 Å². The second-order valence-corrected chi connectivity index (χ2v) is 4.70. The first-order valence-corrected chi connectivity index (χ1v) is 5.98. The largest absolute Gasteiger partial charge is 0.392 e. The highest BCUT2D eigenvalue weighted by molar-refractivity contribution is 5.85. The van der Waals surface area contributed by atoms with Crippen LogP contribution in [-0.2, 0) is 19.6 Å². The van der Waals surface area contributed by atoms with E-state index in [4.69, 9.17) is 0 Å². The van der Waals surface area contributed by atoms with Crippen LogP contribution in [0.1, 0.15) is 17.8 Å². The molecule has 3 heterocycles. The number of halogens is 2. The van der Waals surface area contributed by atoms with Gasteiger partial charge in [-0.2, -0.15) is 5.10 Å². The van der Waals surface area contributed by atoms with Crippen molar-refractivity contribution < 1.29 is 5.11 Å². The van der Waals surface area contributed by atoms with Gasteiger partial charge in [0.1, 0.15) is 0 Å². The third-order valence-corrected chi connectivity index (χ3v) is 3.35. The zero-order valence-electron chi connectivity index (χ0n) is 10.2. The number of hydrogen-bond donors (Lipinski definition) is 2. The molecule has 0 spiro atoms. The summed E-state index contributed by atoms with van der Waals surface area (Å²) in [6.45, 7) is 5.56. The Morgan fingerprint density at radius 2 is 2.22 bits per heavy atom. The maximum atomic E-state index is 9.46. The van der Waals surface area contributed by atoms with Crippen LogP contribution in [-0.4, -0.2) is 45.5 Å². The highest BCUT2D eigenvalue weighted by Crippen LogP contribution is 2.14. The van der Waals surface area contributed by atoms with Crippen molar-refractivity contribution in [3.8, 4) is 0 Å². The number of aliphatic hydroxyl groups excluding tert-OH is 1. The molecule has 3 rings (SSSR count). The Kier molecular flexibility index (Phi) is 5.88. The molecule has 0 aromatic carbocycles. The average molecular weight is 295 g/mol. The Labute approximate surface area is 119 Å². The molecular weight excluding hydrogens is 275 g/mol. The van der Waals surface area contributed by atoms with Crippen molar-refractivity contribution in [3.05, 3.63) is 17.5 Å². The van der Waals surface area contributed by atoms with Gasteiger partial charge in [-0.15, -0.1) is 24.8 Å². The molecule has 7 heteroatoms. The molecule has 2 aliphatic heterocycles. The molecule has 2 aliphatic rings. The lowest BCUT2D eigenvalue weighted by molar-refractivity contribution is 0.174. The molecule has 104 valence electrons. The molecule has 1 unspecified atom stereocenters. The van der Waals surface area contributed by atoms with E-state index in [0.717, 1.165) is 51.4 Å². The van der Waals surface area contributed by atoms with Crippen molar-refractivity contribution >= 4 is 24.8 Å². The van der Waals surface area contributed by atoms with E-state index in [1.54, 1.807) is 0 Å². The Hall–Kier alpha value is -0.330. The summed E-state index contributed by atoms with van der Waals surface area (Å²) < 4.78 is 2.10. The number of nitrogens with zero attached hydrogens (tertiary/aromatic N) is 3. The lowest BCUT2D eigenvalue weighted by atomic mass is 10.3. The molecule has 1 atom stereocenters. The van der Waals surface area contributed by atoms with Crippen LogP contribution in [0.3, 0.4) is 0 Å². The number of hydrogen-bond acceptors (Lipinski definition) is 4. The zero-order valence-corrected chi connectivity index (χ0v) is 11.8. The van der Waals surface area contributed by atoms with Crippen LogP contribution in [0.4, 0.5) is 0 Å². The van der Waals surface area contributed by atoms with Crippen LogP contribution in [0, 0.1) is 0 Å². The smallest absolute Gasteiger partial charge is 0.0768 e. The van der Waals surface area contributed by atoms with E-state index >= 15 is 0 Å². The predicted octanol–water partition coefficient (Wildman–Crippen LogP) is 0.397. The summed E-state index contributed by atoms with van der Waals surface area (Å²) in [5.41, 5.74) is 2.41. The van der Waals surface area contributed by atoms with Crippen molar-refractivity contribution in [3.63, 3.8) is 0 Å². The summed E-state index contributed by atoms with van der Waals surface area (Å²) in [5, 5.41) is 17.4. The Balaban J connectivity index is 0.000000810. The second-order valence-electron chi connectivity index (χ2n) is 4.70. The third kappa shape index (κ3) is 3.36. The van der Waals surface area contributed by atoms with Gasteiger partial charge < -0.3 is 10.4 Å². The van der Waals surface area contributed by atoms with E-state index < -0.39 is 0 Å². The number of fused-ring (bicyclic) bond motifs is 1. The summed E-state index contributed by atoms with van der Waals surface area (Å²) in [6, 6.07) is 2.18. The van der Waals surface area contributed by atoms with Gasteiger partial charge >= 0.3 is 0 Å². The van der Waals surface area contributed by atoms with Gasteiger partial charge in [-0.05, 0) is 12.5 Å². The van der Waals surface area contributed by atoms with E-state index in [0.29, 0.717) is 0 Å².